The number of benzene rings is 8. The van der Waals surface area contributed by atoms with Crippen molar-refractivity contribution in [3.63, 3.8) is 0 Å². The summed E-state index contributed by atoms with van der Waals surface area (Å²) < 4.78 is 85.1. The summed E-state index contributed by atoms with van der Waals surface area (Å²) in [6, 6.07) is 32.9. The average Bonchev–Trinajstić information content (AvgIpc) is 3.58. The molecule has 0 saturated carbocycles. The van der Waals surface area contributed by atoms with Gasteiger partial charge in [0, 0.05) is 16.3 Å². The van der Waals surface area contributed by atoms with Crippen molar-refractivity contribution in [2.45, 2.75) is 0 Å². The van der Waals surface area contributed by atoms with Gasteiger partial charge in [0.15, 0.2) is 0 Å². The second kappa shape index (κ2) is 10.4. The smallest absolute Gasteiger partial charge is 0.136 e. The van der Waals surface area contributed by atoms with Crippen molar-refractivity contribution >= 4 is 43.5 Å². The fraction of sp³-hybridized carbons (Fsp3) is 0. The van der Waals surface area contributed by atoms with Gasteiger partial charge < -0.3 is 4.42 Å². The van der Waals surface area contributed by atoms with Crippen LogP contribution in [0.4, 0.5) is 0 Å². The summed E-state index contributed by atoms with van der Waals surface area (Å²) in [5, 5.41) is 4.97. The lowest BCUT2D eigenvalue weighted by molar-refractivity contribution is 0.669. The van der Waals surface area contributed by atoms with E-state index in [1.54, 1.807) is 0 Å². The fourth-order valence-electron chi connectivity index (χ4n) is 6.59. The normalized spacial score (nSPS) is 14.4. The van der Waals surface area contributed by atoms with Crippen LogP contribution in [-0.4, -0.2) is 0 Å². The van der Waals surface area contributed by atoms with E-state index >= 15 is 0 Å². The summed E-state index contributed by atoms with van der Waals surface area (Å²) in [6.45, 7) is 0. The Morgan fingerprint density at radius 3 is 1.67 bits per heavy atom. The summed E-state index contributed by atoms with van der Waals surface area (Å²) in [7, 11) is 0. The van der Waals surface area contributed by atoms with Crippen molar-refractivity contribution in [1.82, 2.24) is 0 Å². The second-order valence-corrected chi connectivity index (χ2v) is 10.9. The molecule has 9 aromatic rings. The molecule has 0 atom stereocenters. The zero-order valence-electron chi connectivity index (χ0n) is 32.9. The van der Waals surface area contributed by atoms with Crippen LogP contribution in [0.25, 0.3) is 88.0 Å². The molecule has 9 rings (SSSR count). The van der Waals surface area contributed by atoms with Crippen molar-refractivity contribution in [2.75, 3.05) is 0 Å². The molecule has 0 saturated heterocycles. The molecule has 8 aromatic carbocycles. The molecular weight excluding hydrogens is 544 g/mol. The first-order valence-corrected chi connectivity index (χ1v) is 14.7. The SMILES string of the molecule is [2H]c1c([2H])c([2H])c(-c2c([2H])c([2H])c([2H])c(-c3c4ccccc4c(-c4ccc5oc6ccccc6c5c4-c4ccccc4)c4ccccc34)c2[2H])c([2H])c1[2H]. The van der Waals surface area contributed by atoms with Crippen LogP contribution in [0.2, 0.25) is 0 Å². The molecule has 1 heterocycles. The Balaban J connectivity index is 1.45. The molecule has 0 bridgehead atoms. The Hall–Kier alpha value is -5.92. The predicted molar refractivity (Wildman–Crippen MR) is 190 cm³/mol. The van der Waals surface area contributed by atoms with E-state index < -0.39 is 42.3 Å². The van der Waals surface area contributed by atoms with Gasteiger partial charge in [-0.1, -0.05) is 145 Å². The highest BCUT2D eigenvalue weighted by atomic mass is 16.3. The molecule has 0 unspecified atom stereocenters. The van der Waals surface area contributed by atoms with Crippen LogP contribution in [0.1, 0.15) is 12.3 Å². The summed E-state index contributed by atoms with van der Waals surface area (Å²) >= 11 is 0. The molecule has 0 spiro atoms. The molecule has 0 N–H and O–H groups in total. The summed E-state index contributed by atoms with van der Waals surface area (Å²) in [4.78, 5) is 0. The number of hydrogen-bond donors (Lipinski definition) is 0. The lowest BCUT2D eigenvalue weighted by Gasteiger charge is -2.20. The number of fused-ring (bicyclic) bond motifs is 5. The molecule has 0 fully saturated rings. The van der Waals surface area contributed by atoms with Gasteiger partial charge in [-0.2, -0.15) is 0 Å². The van der Waals surface area contributed by atoms with Crippen LogP contribution >= 0.6 is 0 Å². The van der Waals surface area contributed by atoms with E-state index in [0.717, 1.165) is 55.0 Å². The topological polar surface area (TPSA) is 13.1 Å². The lowest BCUT2D eigenvalue weighted by Crippen LogP contribution is -1.93. The molecule has 0 radical (unpaired) electrons. The zero-order chi connectivity index (χ0) is 37.6. The quantitative estimate of drug-likeness (QED) is 0.188. The highest BCUT2D eigenvalue weighted by molar-refractivity contribution is 6.25. The molecule has 0 aliphatic heterocycles. The van der Waals surface area contributed by atoms with E-state index in [9.17, 15) is 2.74 Å². The van der Waals surface area contributed by atoms with Crippen molar-refractivity contribution in [3.05, 3.63) is 170 Å². The van der Waals surface area contributed by atoms with E-state index in [4.69, 9.17) is 14.0 Å². The highest BCUT2D eigenvalue weighted by Gasteiger charge is 2.22. The Bertz CT molecular complexity index is 2960. The van der Waals surface area contributed by atoms with Crippen molar-refractivity contribution in [2.24, 2.45) is 0 Å². The Morgan fingerprint density at radius 1 is 0.378 bits per heavy atom. The molecule has 1 aromatic heterocycles. The van der Waals surface area contributed by atoms with Crippen molar-refractivity contribution in [3.8, 4) is 44.5 Å². The number of hydrogen-bond acceptors (Lipinski definition) is 1. The van der Waals surface area contributed by atoms with Crippen LogP contribution in [0.3, 0.4) is 0 Å². The lowest BCUT2D eigenvalue weighted by atomic mass is 9.82. The van der Waals surface area contributed by atoms with Gasteiger partial charge in [0.05, 0.1) is 12.3 Å². The Morgan fingerprint density at radius 2 is 0.956 bits per heavy atom. The standard InChI is InChI=1S/C44H28O/c1-3-14-29(15-4-1)31-18-13-19-32(28-31)41-33-20-7-9-22-35(33)43(36-23-10-8-21-34(36)41)38-26-27-40-44(37-24-11-12-25-39(37)45-40)42(38)30-16-5-2-6-17-30/h1-28H/i1D,3D,4D,13D,14D,15D,18D,19D,28D. The monoisotopic (exact) mass is 581 g/mol. The van der Waals surface area contributed by atoms with Crippen molar-refractivity contribution < 1.29 is 16.8 Å². The Labute approximate surface area is 274 Å². The largest absolute Gasteiger partial charge is 0.456 e. The van der Waals surface area contributed by atoms with E-state index in [1.807, 2.05) is 91.0 Å². The van der Waals surface area contributed by atoms with E-state index in [0.29, 0.717) is 16.3 Å². The van der Waals surface area contributed by atoms with Gasteiger partial charge in [0.2, 0.25) is 0 Å². The maximum absolute atomic E-state index is 9.58. The van der Waals surface area contributed by atoms with Crippen LogP contribution < -0.4 is 0 Å². The third-order valence-electron chi connectivity index (χ3n) is 8.43. The molecule has 210 valence electrons. The molecule has 0 aliphatic carbocycles. The zero-order valence-corrected chi connectivity index (χ0v) is 23.9. The van der Waals surface area contributed by atoms with E-state index in [2.05, 4.69) is 24.3 Å². The van der Waals surface area contributed by atoms with Gasteiger partial charge >= 0.3 is 0 Å². The minimum Gasteiger partial charge on any atom is -0.456 e. The molecular formula is C44H28O. The maximum Gasteiger partial charge on any atom is 0.136 e. The summed E-state index contributed by atoms with van der Waals surface area (Å²) in [6.07, 6.45) is 0. The van der Waals surface area contributed by atoms with Gasteiger partial charge in [0.1, 0.15) is 11.2 Å². The van der Waals surface area contributed by atoms with Gasteiger partial charge in [0.25, 0.3) is 0 Å². The fourth-order valence-corrected chi connectivity index (χ4v) is 6.59. The first kappa shape index (κ1) is 18.0. The minimum atomic E-state index is -0.607. The third kappa shape index (κ3) is 4.09. The van der Waals surface area contributed by atoms with Gasteiger partial charge in [-0.3, -0.25) is 0 Å². The number of para-hydroxylation sites is 1. The van der Waals surface area contributed by atoms with Gasteiger partial charge in [-0.25, -0.2) is 0 Å². The van der Waals surface area contributed by atoms with E-state index in [-0.39, 0.29) is 28.8 Å². The highest BCUT2D eigenvalue weighted by Crippen LogP contribution is 2.49. The number of furan rings is 1. The maximum atomic E-state index is 9.58. The van der Waals surface area contributed by atoms with Gasteiger partial charge in [-0.05, 0) is 84.7 Å². The predicted octanol–water partition coefficient (Wildman–Crippen LogP) is 12.6. The van der Waals surface area contributed by atoms with Crippen LogP contribution in [-0.2, 0) is 0 Å². The molecule has 1 heteroatoms. The molecule has 0 aliphatic rings. The third-order valence-corrected chi connectivity index (χ3v) is 8.43. The van der Waals surface area contributed by atoms with Crippen LogP contribution in [0.5, 0.6) is 0 Å². The number of rotatable bonds is 4. The second-order valence-electron chi connectivity index (χ2n) is 10.9. The van der Waals surface area contributed by atoms with E-state index in [1.165, 1.54) is 0 Å². The molecule has 45 heavy (non-hydrogen) atoms. The van der Waals surface area contributed by atoms with Crippen LogP contribution in [0.15, 0.2) is 174 Å². The first-order chi connectivity index (χ1) is 26.1. The average molecular weight is 582 g/mol. The van der Waals surface area contributed by atoms with Crippen LogP contribution in [0, 0.1) is 0 Å². The summed E-state index contributed by atoms with van der Waals surface area (Å²) in [5.41, 5.74) is 5.26. The van der Waals surface area contributed by atoms with Crippen molar-refractivity contribution in [1.29, 1.82) is 0 Å². The minimum absolute atomic E-state index is 0.0383. The summed E-state index contributed by atoms with van der Waals surface area (Å²) in [5.74, 6) is 0. The Kier molecular flexibility index (Phi) is 4.15. The first-order valence-electron chi connectivity index (χ1n) is 19.2. The van der Waals surface area contributed by atoms with Gasteiger partial charge in [-0.15, -0.1) is 0 Å². The molecule has 0 amide bonds. The molecule has 1 nitrogen and oxygen atoms in total.